The molecule has 1 aliphatic rings. The quantitative estimate of drug-likeness (QED) is 0.529. The molecule has 0 saturated carbocycles. The number of methoxy groups -OCH3 is 1. The number of nitrogens with zero attached hydrogens (tertiary/aromatic N) is 3. The first kappa shape index (κ1) is 23.7. The highest BCUT2D eigenvalue weighted by atomic mass is 19.1. The van der Waals surface area contributed by atoms with Gasteiger partial charge in [0.25, 0.3) is 0 Å². The highest BCUT2D eigenvalue weighted by Crippen LogP contribution is 2.38. The van der Waals surface area contributed by atoms with Gasteiger partial charge in [0.15, 0.2) is 0 Å². The number of pyridine rings is 1. The van der Waals surface area contributed by atoms with Gasteiger partial charge in [0.2, 0.25) is 0 Å². The molecule has 9 heteroatoms. The summed E-state index contributed by atoms with van der Waals surface area (Å²) in [5.74, 6) is -1.46. The number of carbonyl (C=O) groups is 1. The SMILES string of the molecule is CCOC(=O)c1cnc2cc(N3CCCN(C)CC3)c(OC)cc2c1Nc1ccc(F)cc1F. The molecule has 1 saturated heterocycles. The molecule has 0 atom stereocenters. The lowest BCUT2D eigenvalue weighted by molar-refractivity contribution is 0.0527. The molecule has 2 aromatic carbocycles. The molecular formula is C25H28F2N4O3. The van der Waals surface area contributed by atoms with Crippen molar-refractivity contribution in [2.24, 2.45) is 0 Å². The minimum atomic E-state index is -0.781. The normalized spacial score (nSPS) is 14.7. The van der Waals surface area contributed by atoms with Crippen LogP contribution in [0.25, 0.3) is 10.9 Å². The Morgan fingerprint density at radius 3 is 2.71 bits per heavy atom. The Bertz CT molecular complexity index is 1200. The third-order valence-corrected chi connectivity index (χ3v) is 5.91. The van der Waals surface area contributed by atoms with Crippen LogP contribution in [0.4, 0.5) is 25.8 Å². The first-order valence-electron chi connectivity index (χ1n) is 11.2. The number of fused-ring (bicyclic) bond motifs is 1. The Labute approximate surface area is 197 Å². The average molecular weight is 471 g/mol. The van der Waals surface area contributed by atoms with Crippen LogP contribution in [0.1, 0.15) is 23.7 Å². The maximum atomic E-state index is 14.5. The summed E-state index contributed by atoms with van der Waals surface area (Å²) in [7, 11) is 3.69. The molecule has 1 N–H and O–H groups in total. The second-order valence-corrected chi connectivity index (χ2v) is 8.20. The zero-order chi connectivity index (χ0) is 24.2. The van der Waals surface area contributed by atoms with Crippen molar-refractivity contribution in [2.75, 3.05) is 57.2 Å². The van der Waals surface area contributed by atoms with E-state index in [4.69, 9.17) is 9.47 Å². The molecule has 0 unspecified atom stereocenters. The number of carbonyl (C=O) groups excluding carboxylic acids is 1. The number of anilines is 3. The third kappa shape index (κ3) is 4.89. The summed E-state index contributed by atoms with van der Waals surface area (Å²) in [5.41, 5.74) is 1.99. The molecule has 3 aromatic rings. The molecule has 0 radical (unpaired) electrons. The van der Waals surface area contributed by atoms with Crippen LogP contribution in [0.2, 0.25) is 0 Å². The van der Waals surface area contributed by atoms with Gasteiger partial charge in [-0.25, -0.2) is 13.6 Å². The van der Waals surface area contributed by atoms with Gasteiger partial charge < -0.3 is 24.6 Å². The van der Waals surface area contributed by atoms with Crippen molar-refractivity contribution in [3.05, 3.63) is 53.7 Å². The van der Waals surface area contributed by atoms with Gasteiger partial charge in [-0.1, -0.05) is 0 Å². The number of benzene rings is 2. The summed E-state index contributed by atoms with van der Waals surface area (Å²) in [6.07, 6.45) is 2.43. The first-order valence-corrected chi connectivity index (χ1v) is 11.2. The van der Waals surface area contributed by atoms with E-state index in [9.17, 15) is 13.6 Å². The summed E-state index contributed by atoms with van der Waals surface area (Å²) in [6, 6.07) is 6.92. The lowest BCUT2D eigenvalue weighted by Crippen LogP contribution is -2.29. The third-order valence-electron chi connectivity index (χ3n) is 5.91. The fourth-order valence-electron chi connectivity index (χ4n) is 4.13. The van der Waals surface area contributed by atoms with Gasteiger partial charge >= 0.3 is 5.97 Å². The van der Waals surface area contributed by atoms with Crippen LogP contribution in [0.5, 0.6) is 5.75 Å². The summed E-state index contributed by atoms with van der Waals surface area (Å²) >= 11 is 0. The van der Waals surface area contributed by atoms with Crippen molar-refractivity contribution in [3.8, 4) is 5.75 Å². The van der Waals surface area contributed by atoms with Gasteiger partial charge in [-0.2, -0.15) is 0 Å². The largest absolute Gasteiger partial charge is 0.495 e. The fourth-order valence-corrected chi connectivity index (χ4v) is 4.13. The number of nitrogens with one attached hydrogen (secondary N) is 1. The molecule has 180 valence electrons. The van der Waals surface area contributed by atoms with Crippen LogP contribution in [0.15, 0.2) is 36.5 Å². The maximum absolute atomic E-state index is 14.5. The van der Waals surface area contributed by atoms with Crippen LogP contribution in [-0.4, -0.2) is 62.8 Å². The predicted octanol–water partition coefficient (Wildman–Crippen LogP) is 4.58. The van der Waals surface area contributed by atoms with Crippen LogP contribution in [0, 0.1) is 11.6 Å². The minimum Gasteiger partial charge on any atom is -0.495 e. The summed E-state index contributed by atoms with van der Waals surface area (Å²) in [4.78, 5) is 21.7. The van der Waals surface area contributed by atoms with Gasteiger partial charge in [0.05, 0.1) is 36.3 Å². The minimum absolute atomic E-state index is 0.0260. The zero-order valence-electron chi connectivity index (χ0n) is 19.5. The van der Waals surface area contributed by atoms with E-state index in [2.05, 4.69) is 27.1 Å². The number of esters is 1. The van der Waals surface area contributed by atoms with Gasteiger partial charge in [-0.3, -0.25) is 4.98 Å². The molecule has 4 rings (SSSR count). The summed E-state index contributed by atoms with van der Waals surface area (Å²) < 4.78 is 38.8. The molecule has 1 aromatic heterocycles. The number of ether oxygens (including phenoxy) is 2. The van der Waals surface area contributed by atoms with Crippen LogP contribution in [0.3, 0.4) is 0 Å². The number of hydrogen-bond acceptors (Lipinski definition) is 7. The number of hydrogen-bond donors (Lipinski definition) is 1. The summed E-state index contributed by atoms with van der Waals surface area (Å²) in [6.45, 7) is 5.53. The molecule has 34 heavy (non-hydrogen) atoms. The van der Waals surface area contributed by atoms with Crippen LogP contribution < -0.4 is 15.0 Å². The molecule has 7 nitrogen and oxygen atoms in total. The first-order chi connectivity index (χ1) is 16.4. The van der Waals surface area contributed by atoms with Crippen LogP contribution in [-0.2, 0) is 4.74 Å². The standard InChI is InChI=1S/C25H28F2N4O3/c1-4-34-25(32)18-15-28-21-14-22(31-9-5-8-30(2)10-11-31)23(33-3)13-17(21)24(18)29-20-7-6-16(26)12-19(20)27/h6-7,12-15H,4-5,8-11H2,1-3H3,(H,28,29). The Morgan fingerprint density at radius 1 is 1.15 bits per heavy atom. The highest BCUT2D eigenvalue weighted by Gasteiger charge is 2.22. The number of halogens is 2. The van der Waals surface area contributed by atoms with Crippen LogP contribution >= 0.6 is 0 Å². The summed E-state index contributed by atoms with van der Waals surface area (Å²) in [5, 5.41) is 3.52. The van der Waals surface area contributed by atoms with Crippen molar-refractivity contribution in [1.82, 2.24) is 9.88 Å². The smallest absolute Gasteiger partial charge is 0.341 e. The van der Waals surface area contributed by atoms with Gasteiger partial charge in [0.1, 0.15) is 22.9 Å². The van der Waals surface area contributed by atoms with E-state index in [1.54, 1.807) is 20.1 Å². The Balaban J connectivity index is 1.85. The van der Waals surface area contributed by atoms with Crippen molar-refractivity contribution in [1.29, 1.82) is 0 Å². The molecule has 2 heterocycles. The Hall–Kier alpha value is -3.46. The number of aromatic nitrogens is 1. The average Bonchev–Trinajstić information content (AvgIpc) is 3.04. The van der Waals surface area contributed by atoms with Gasteiger partial charge in [-0.05, 0) is 51.2 Å². The monoisotopic (exact) mass is 470 g/mol. The van der Waals surface area contributed by atoms with Gasteiger partial charge in [0, 0.05) is 37.3 Å². The second-order valence-electron chi connectivity index (χ2n) is 8.20. The molecular weight excluding hydrogens is 442 g/mol. The highest BCUT2D eigenvalue weighted by molar-refractivity contribution is 6.07. The molecule has 0 aliphatic carbocycles. The van der Waals surface area contributed by atoms with E-state index < -0.39 is 17.6 Å². The molecule has 1 fully saturated rings. The van der Waals surface area contributed by atoms with E-state index in [-0.39, 0.29) is 17.9 Å². The predicted molar refractivity (Wildman–Crippen MR) is 128 cm³/mol. The molecule has 0 amide bonds. The lowest BCUT2D eigenvalue weighted by atomic mass is 10.1. The maximum Gasteiger partial charge on any atom is 0.341 e. The number of rotatable bonds is 6. The Kier molecular flexibility index (Phi) is 7.12. The molecule has 0 bridgehead atoms. The van der Waals surface area contributed by atoms with Crippen molar-refractivity contribution in [3.63, 3.8) is 0 Å². The molecule has 1 aliphatic heterocycles. The lowest BCUT2D eigenvalue weighted by Gasteiger charge is -2.25. The van der Waals surface area contributed by atoms with Gasteiger partial charge in [-0.15, -0.1) is 0 Å². The van der Waals surface area contributed by atoms with Crippen molar-refractivity contribution in [2.45, 2.75) is 13.3 Å². The molecule has 0 spiro atoms. The second kappa shape index (κ2) is 10.2. The van der Waals surface area contributed by atoms with Crippen molar-refractivity contribution < 1.29 is 23.0 Å². The zero-order valence-corrected chi connectivity index (χ0v) is 19.5. The fraction of sp³-hybridized carbons (Fsp3) is 0.360. The van der Waals surface area contributed by atoms with E-state index in [1.165, 1.54) is 12.3 Å². The van der Waals surface area contributed by atoms with E-state index >= 15 is 0 Å². The Morgan fingerprint density at radius 2 is 1.97 bits per heavy atom. The van der Waals surface area contributed by atoms with Crippen molar-refractivity contribution >= 4 is 33.9 Å². The van der Waals surface area contributed by atoms with E-state index in [0.717, 1.165) is 50.4 Å². The topological polar surface area (TPSA) is 66.9 Å². The van der Waals surface area contributed by atoms with E-state index in [0.29, 0.717) is 22.3 Å². The van der Waals surface area contributed by atoms with E-state index in [1.807, 2.05) is 6.07 Å². The number of likely N-dealkylation sites (N-methyl/N-ethyl adjacent to an activating group) is 1.